The Morgan fingerprint density at radius 1 is 1.19 bits per heavy atom. The van der Waals surface area contributed by atoms with Crippen LogP contribution < -0.4 is 5.46 Å². The van der Waals surface area contributed by atoms with Gasteiger partial charge in [-0.25, -0.2) is 4.68 Å². The quantitative estimate of drug-likeness (QED) is 0.784. The normalized spacial score (nSPS) is 28.0. The fourth-order valence-electron chi connectivity index (χ4n) is 2.85. The first-order valence-corrected chi connectivity index (χ1v) is 7.83. The van der Waals surface area contributed by atoms with E-state index in [1.54, 1.807) is 0 Å². The molecule has 2 aliphatic rings. The van der Waals surface area contributed by atoms with Gasteiger partial charge >= 0.3 is 7.12 Å². The van der Waals surface area contributed by atoms with E-state index in [2.05, 4.69) is 39.7 Å². The molecule has 1 atom stereocenters. The van der Waals surface area contributed by atoms with Crippen LogP contribution in [0.3, 0.4) is 0 Å². The highest BCUT2D eigenvalue weighted by Crippen LogP contribution is 2.36. The van der Waals surface area contributed by atoms with Crippen LogP contribution in [0.5, 0.6) is 0 Å². The lowest BCUT2D eigenvalue weighted by atomic mass is 9.79. The molecule has 2 aliphatic heterocycles. The summed E-state index contributed by atoms with van der Waals surface area (Å²) in [5.74, 6) is 0. The maximum absolute atomic E-state index is 6.12. The summed E-state index contributed by atoms with van der Waals surface area (Å²) in [6, 6.07) is 0. The Kier molecular flexibility index (Phi) is 3.67. The first kappa shape index (κ1) is 15.1. The molecular weight excluding hydrogens is 267 g/mol. The van der Waals surface area contributed by atoms with Gasteiger partial charge in [-0.1, -0.05) is 0 Å². The van der Waals surface area contributed by atoms with Crippen molar-refractivity contribution in [2.75, 3.05) is 6.61 Å². The molecule has 0 unspecified atom stereocenters. The molecule has 0 spiro atoms. The monoisotopic (exact) mass is 292 g/mol. The van der Waals surface area contributed by atoms with Gasteiger partial charge in [0.2, 0.25) is 0 Å². The predicted molar refractivity (Wildman–Crippen MR) is 81.5 cm³/mol. The van der Waals surface area contributed by atoms with Gasteiger partial charge in [-0.3, -0.25) is 0 Å². The van der Waals surface area contributed by atoms with E-state index in [9.17, 15) is 0 Å². The average molecular weight is 292 g/mol. The SMILES string of the molecule is Cc1c(B2OC(C)(C)C(C)(C)O2)cnn1[C@@H]1CCCCO1. The lowest BCUT2D eigenvalue weighted by molar-refractivity contribution is -0.0405. The molecule has 0 aliphatic carbocycles. The van der Waals surface area contributed by atoms with Crippen LogP contribution in [0.1, 0.15) is 58.9 Å². The van der Waals surface area contributed by atoms with E-state index >= 15 is 0 Å². The highest BCUT2D eigenvalue weighted by Gasteiger charge is 2.52. The largest absolute Gasteiger partial charge is 0.498 e. The smallest absolute Gasteiger partial charge is 0.399 e. The number of ether oxygens (including phenoxy) is 1. The molecule has 5 nitrogen and oxygen atoms in total. The maximum Gasteiger partial charge on any atom is 0.498 e. The van der Waals surface area contributed by atoms with E-state index in [-0.39, 0.29) is 24.5 Å². The molecule has 1 aromatic heterocycles. The van der Waals surface area contributed by atoms with E-state index in [0.717, 1.165) is 30.6 Å². The Morgan fingerprint density at radius 2 is 1.86 bits per heavy atom. The zero-order chi connectivity index (χ0) is 15.3. The number of hydrogen-bond donors (Lipinski definition) is 0. The van der Waals surface area contributed by atoms with Crippen molar-refractivity contribution in [3.8, 4) is 0 Å². The Bertz CT molecular complexity index is 505. The lowest BCUT2D eigenvalue weighted by Crippen LogP contribution is -2.41. The van der Waals surface area contributed by atoms with Crippen molar-refractivity contribution in [3.63, 3.8) is 0 Å². The van der Waals surface area contributed by atoms with Crippen LogP contribution in [0, 0.1) is 6.92 Å². The Hall–Kier alpha value is -0.845. The van der Waals surface area contributed by atoms with Crippen molar-refractivity contribution >= 4 is 12.6 Å². The minimum atomic E-state index is -0.354. The summed E-state index contributed by atoms with van der Waals surface area (Å²) in [7, 11) is -0.354. The first-order chi connectivity index (χ1) is 9.82. The third kappa shape index (κ3) is 2.54. The van der Waals surface area contributed by atoms with Crippen molar-refractivity contribution in [1.82, 2.24) is 9.78 Å². The summed E-state index contributed by atoms with van der Waals surface area (Å²) in [5.41, 5.74) is 1.42. The van der Waals surface area contributed by atoms with Crippen LogP contribution in [-0.4, -0.2) is 34.7 Å². The molecule has 6 heteroatoms. The summed E-state index contributed by atoms with van der Waals surface area (Å²) >= 11 is 0. The molecule has 0 bridgehead atoms. The molecule has 0 radical (unpaired) electrons. The van der Waals surface area contributed by atoms with Crippen molar-refractivity contribution in [2.45, 2.75) is 71.3 Å². The zero-order valence-corrected chi connectivity index (χ0v) is 13.7. The van der Waals surface area contributed by atoms with Crippen LogP contribution in [0.15, 0.2) is 6.20 Å². The molecule has 2 fully saturated rings. The van der Waals surface area contributed by atoms with Gasteiger partial charge in [0.15, 0.2) is 0 Å². The average Bonchev–Trinajstić information content (AvgIpc) is 2.89. The Balaban J connectivity index is 1.83. The van der Waals surface area contributed by atoms with Gasteiger partial charge in [0.25, 0.3) is 0 Å². The summed E-state index contributed by atoms with van der Waals surface area (Å²) < 4.78 is 20.0. The van der Waals surface area contributed by atoms with E-state index in [4.69, 9.17) is 14.0 Å². The molecule has 0 amide bonds. The number of hydrogen-bond acceptors (Lipinski definition) is 4. The molecular formula is C15H25BN2O3. The Labute approximate surface area is 127 Å². The topological polar surface area (TPSA) is 45.5 Å². The molecule has 3 rings (SSSR count). The fourth-order valence-corrected chi connectivity index (χ4v) is 2.85. The van der Waals surface area contributed by atoms with Crippen molar-refractivity contribution < 1.29 is 14.0 Å². The molecule has 2 saturated heterocycles. The lowest BCUT2D eigenvalue weighted by Gasteiger charge is -2.32. The molecule has 3 heterocycles. The van der Waals surface area contributed by atoms with E-state index in [0.29, 0.717) is 0 Å². The predicted octanol–water partition coefficient (Wildman–Crippen LogP) is 2.19. The van der Waals surface area contributed by atoms with Gasteiger partial charge < -0.3 is 14.0 Å². The second-order valence-corrected chi connectivity index (χ2v) is 7.04. The van der Waals surface area contributed by atoms with Crippen molar-refractivity contribution in [1.29, 1.82) is 0 Å². The maximum atomic E-state index is 6.12. The van der Waals surface area contributed by atoms with Crippen LogP contribution >= 0.6 is 0 Å². The third-order valence-corrected chi connectivity index (χ3v) is 5.02. The highest BCUT2D eigenvalue weighted by atomic mass is 16.7. The van der Waals surface area contributed by atoms with Gasteiger partial charge in [-0.05, 0) is 53.9 Å². The second kappa shape index (κ2) is 5.11. The number of nitrogens with zero attached hydrogens (tertiary/aromatic N) is 2. The zero-order valence-electron chi connectivity index (χ0n) is 13.7. The summed E-state index contributed by atoms with van der Waals surface area (Å²) in [4.78, 5) is 0. The minimum absolute atomic E-state index is 0.0509. The van der Waals surface area contributed by atoms with Gasteiger partial charge in [0.1, 0.15) is 6.23 Å². The van der Waals surface area contributed by atoms with Gasteiger partial charge in [-0.2, -0.15) is 5.10 Å². The fraction of sp³-hybridized carbons (Fsp3) is 0.800. The molecule has 116 valence electrons. The summed E-state index contributed by atoms with van der Waals surface area (Å²) in [6.45, 7) is 11.1. The third-order valence-electron chi connectivity index (χ3n) is 5.02. The molecule has 1 aromatic rings. The van der Waals surface area contributed by atoms with Gasteiger partial charge in [0.05, 0.1) is 11.2 Å². The van der Waals surface area contributed by atoms with Crippen LogP contribution in [0.2, 0.25) is 0 Å². The molecule has 21 heavy (non-hydrogen) atoms. The van der Waals surface area contributed by atoms with Crippen molar-refractivity contribution in [2.24, 2.45) is 0 Å². The number of aromatic nitrogens is 2. The van der Waals surface area contributed by atoms with Crippen LogP contribution in [0.25, 0.3) is 0 Å². The Morgan fingerprint density at radius 3 is 2.43 bits per heavy atom. The molecule has 0 N–H and O–H groups in total. The molecule has 0 saturated carbocycles. The van der Waals surface area contributed by atoms with E-state index in [1.165, 1.54) is 6.42 Å². The first-order valence-electron chi connectivity index (χ1n) is 7.83. The van der Waals surface area contributed by atoms with Gasteiger partial charge in [0, 0.05) is 24.0 Å². The van der Waals surface area contributed by atoms with Crippen LogP contribution in [-0.2, 0) is 14.0 Å². The standard InChI is InChI=1S/C15H25BN2O3/c1-11-12(16-20-14(2,3)15(4,5)21-16)10-17-18(11)13-8-6-7-9-19-13/h10,13H,6-9H2,1-5H3/t13-/m0/s1. The second-order valence-electron chi connectivity index (χ2n) is 7.04. The molecule has 0 aromatic carbocycles. The van der Waals surface area contributed by atoms with E-state index in [1.807, 2.05) is 10.9 Å². The number of rotatable bonds is 2. The summed E-state index contributed by atoms with van der Waals surface area (Å²) in [6.07, 6.45) is 5.26. The van der Waals surface area contributed by atoms with Gasteiger partial charge in [-0.15, -0.1) is 0 Å². The minimum Gasteiger partial charge on any atom is -0.399 e. The van der Waals surface area contributed by atoms with Crippen molar-refractivity contribution in [3.05, 3.63) is 11.9 Å². The highest BCUT2D eigenvalue weighted by molar-refractivity contribution is 6.62. The van der Waals surface area contributed by atoms with E-state index < -0.39 is 0 Å². The van der Waals surface area contributed by atoms with Crippen LogP contribution in [0.4, 0.5) is 0 Å². The summed E-state index contributed by atoms with van der Waals surface area (Å²) in [5, 5.41) is 4.51.